The highest BCUT2D eigenvalue weighted by Crippen LogP contribution is 2.21. The van der Waals surface area contributed by atoms with Crippen LogP contribution in [0.5, 0.6) is 5.75 Å². The average molecular weight is 252 g/mol. The second-order valence-electron chi connectivity index (χ2n) is 4.34. The van der Waals surface area contributed by atoms with E-state index in [1.165, 1.54) is 5.57 Å². The zero-order chi connectivity index (χ0) is 14.3. The molecule has 0 unspecified atom stereocenters. The molecule has 0 radical (unpaired) electrons. The van der Waals surface area contributed by atoms with E-state index >= 15 is 0 Å². The maximum Gasteiger partial charge on any atom is 0.133 e. The molecular weight excluding hydrogens is 236 g/mol. The van der Waals surface area contributed by atoms with Crippen LogP contribution in [0.2, 0.25) is 0 Å². The van der Waals surface area contributed by atoms with Crippen molar-refractivity contribution in [2.75, 3.05) is 6.61 Å². The van der Waals surface area contributed by atoms with Crippen LogP contribution < -0.4 is 4.74 Å². The minimum Gasteiger partial charge on any atom is -0.490 e. The molecule has 1 aromatic rings. The summed E-state index contributed by atoms with van der Waals surface area (Å²) < 4.78 is 5.54. The van der Waals surface area contributed by atoms with Gasteiger partial charge in [0.15, 0.2) is 0 Å². The fourth-order valence-corrected chi connectivity index (χ4v) is 1.44. The molecule has 0 heterocycles. The SMILES string of the molecule is CC(C)=CCOc1ccc(C(C)=C(C#N)C#N)cc1. The Morgan fingerprint density at radius 1 is 1.11 bits per heavy atom. The standard InChI is InChI=1S/C16H16N2O/c1-12(2)8-9-19-16-6-4-14(5-7-16)13(3)15(10-17)11-18/h4-8H,9H2,1-3H3. The smallest absolute Gasteiger partial charge is 0.133 e. The highest BCUT2D eigenvalue weighted by atomic mass is 16.5. The predicted octanol–water partition coefficient (Wildman–Crippen LogP) is 3.85. The number of ether oxygens (including phenoxy) is 1. The van der Waals surface area contributed by atoms with Crippen LogP contribution in [0.4, 0.5) is 0 Å². The number of rotatable bonds is 4. The van der Waals surface area contributed by atoms with Gasteiger partial charge >= 0.3 is 0 Å². The van der Waals surface area contributed by atoms with Gasteiger partial charge in [0.2, 0.25) is 0 Å². The summed E-state index contributed by atoms with van der Waals surface area (Å²) in [6, 6.07) is 11.2. The van der Waals surface area contributed by atoms with Gasteiger partial charge in [-0.2, -0.15) is 10.5 Å². The molecule has 1 aromatic carbocycles. The van der Waals surface area contributed by atoms with Crippen molar-refractivity contribution in [2.24, 2.45) is 0 Å². The van der Waals surface area contributed by atoms with E-state index in [2.05, 4.69) is 0 Å². The molecule has 3 nitrogen and oxygen atoms in total. The molecule has 0 saturated carbocycles. The van der Waals surface area contributed by atoms with Gasteiger partial charge in [-0.1, -0.05) is 17.7 Å². The normalized spacial score (nSPS) is 8.89. The third kappa shape index (κ3) is 4.33. The Labute approximate surface area is 114 Å². The van der Waals surface area contributed by atoms with Gasteiger partial charge in [-0.3, -0.25) is 0 Å². The molecular formula is C16H16N2O. The van der Waals surface area contributed by atoms with Gasteiger partial charge in [0.1, 0.15) is 30.1 Å². The monoisotopic (exact) mass is 252 g/mol. The van der Waals surface area contributed by atoms with Crippen molar-refractivity contribution in [1.82, 2.24) is 0 Å². The maximum atomic E-state index is 8.82. The van der Waals surface area contributed by atoms with Crippen LogP contribution in [-0.4, -0.2) is 6.61 Å². The maximum absolute atomic E-state index is 8.82. The number of nitriles is 2. The second kappa shape index (κ2) is 7.03. The largest absolute Gasteiger partial charge is 0.490 e. The van der Waals surface area contributed by atoms with Crippen LogP contribution in [0, 0.1) is 22.7 Å². The van der Waals surface area contributed by atoms with Gasteiger partial charge in [-0.25, -0.2) is 0 Å². The lowest BCUT2D eigenvalue weighted by atomic mass is 10.0. The molecule has 0 amide bonds. The van der Waals surface area contributed by atoms with Crippen molar-refractivity contribution in [3.63, 3.8) is 0 Å². The summed E-state index contributed by atoms with van der Waals surface area (Å²) in [6.07, 6.45) is 2.00. The first-order chi connectivity index (χ1) is 9.08. The fraction of sp³-hybridized carbons (Fsp3) is 0.250. The minimum atomic E-state index is 0.137. The second-order valence-corrected chi connectivity index (χ2v) is 4.34. The molecule has 0 atom stereocenters. The quantitative estimate of drug-likeness (QED) is 0.604. The van der Waals surface area contributed by atoms with Crippen LogP contribution in [-0.2, 0) is 0 Å². The summed E-state index contributed by atoms with van der Waals surface area (Å²) in [5, 5.41) is 17.6. The predicted molar refractivity (Wildman–Crippen MR) is 75.2 cm³/mol. The molecule has 96 valence electrons. The molecule has 0 N–H and O–H groups in total. The molecule has 0 bridgehead atoms. The number of nitrogens with zero attached hydrogens (tertiary/aromatic N) is 2. The highest BCUT2D eigenvalue weighted by molar-refractivity contribution is 5.73. The van der Waals surface area contributed by atoms with Gasteiger partial charge in [0, 0.05) is 0 Å². The lowest BCUT2D eigenvalue weighted by Crippen LogP contribution is -1.94. The lowest BCUT2D eigenvalue weighted by Gasteiger charge is -2.06. The van der Waals surface area contributed by atoms with E-state index in [9.17, 15) is 0 Å². The molecule has 0 aliphatic heterocycles. The number of allylic oxidation sites excluding steroid dienone is 3. The Morgan fingerprint density at radius 3 is 2.16 bits per heavy atom. The molecule has 0 saturated heterocycles. The van der Waals surface area contributed by atoms with Gasteiger partial charge < -0.3 is 4.74 Å². The first-order valence-corrected chi connectivity index (χ1v) is 5.96. The van der Waals surface area contributed by atoms with E-state index in [4.69, 9.17) is 15.3 Å². The van der Waals surface area contributed by atoms with Crippen LogP contribution in [0.1, 0.15) is 26.3 Å². The zero-order valence-corrected chi connectivity index (χ0v) is 11.4. The minimum absolute atomic E-state index is 0.137. The average Bonchev–Trinajstić information content (AvgIpc) is 2.40. The first kappa shape index (κ1) is 14.5. The highest BCUT2D eigenvalue weighted by Gasteiger charge is 2.03. The van der Waals surface area contributed by atoms with E-state index in [0.29, 0.717) is 12.2 Å². The summed E-state index contributed by atoms with van der Waals surface area (Å²) in [7, 11) is 0. The van der Waals surface area contributed by atoms with E-state index in [1.54, 1.807) is 6.92 Å². The topological polar surface area (TPSA) is 56.8 Å². The summed E-state index contributed by atoms with van der Waals surface area (Å²) in [6.45, 7) is 6.34. The Hall–Kier alpha value is -2.52. The van der Waals surface area contributed by atoms with Crippen molar-refractivity contribution in [3.8, 4) is 17.9 Å². The van der Waals surface area contributed by atoms with Gasteiger partial charge in [-0.05, 0) is 50.1 Å². The van der Waals surface area contributed by atoms with E-state index in [0.717, 1.165) is 11.3 Å². The van der Waals surface area contributed by atoms with E-state index < -0.39 is 0 Å². The summed E-state index contributed by atoms with van der Waals surface area (Å²) in [5.74, 6) is 0.768. The van der Waals surface area contributed by atoms with Crippen molar-refractivity contribution in [1.29, 1.82) is 10.5 Å². The van der Waals surface area contributed by atoms with Crippen LogP contribution in [0.25, 0.3) is 5.57 Å². The first-order valence-electron chi connectivity index (χ1n) is 5.96. The molecule has 0 fully saturated rings. The van der Waals surface area contributed by atoms with Crippen molar-refractivity contribution >= 4 is 5.57 Å². The molecule has 0 aliphatic carbocycles. The van der Waals surface area contributed by atoms with Gasteiger partial charge in [-0.15, -0.1) is 0 Å². The zero-order valence-electron chi connectivity index (χ0n) is 11.4. The summed E-state index contributed by atoms with van der Waals surface area (Å²) in [5.41, 5.74) is 2.88. The van der Waals surface area contributed by atoms with Gasteiger partial charge in [0.05, 0.1) is 0 Å². The van der Waals surface area contributed by atoms with Crippen molar-refractivity contribution in [2.45, 2.75) is 20.8 Å². The van der Waals surface area contributed by atoms with Gasteiger partial charge in [0.25, 0.3) is 0 Å². The third-order valence-corrected chi connectivity index (χ3v) is 2.63. The van der Waals surface area contributed by atoms with Crippen LogP contribution in [0.3, 0.4) is 0 Å². The molecule has 0 aromatic heterocycles. The van der Waals surface area contributed by atoms with Crippen molar-refractivity contribution in [3.05, 3.63) is 47.1 Å². The molecule has 3 heteroatoms. The Balaban J connectivity index is 2.84. The third-order valence-electron chi connectivity index (χ3n) is 2.63. The molecule has 19 heavy (non-hydrogen) atoms. The Kier molecular flexibility index (Phi) is 5.38. The number of hydrogen-bond donors (Lipinski definition) is 0. The lowest BCUT2D eigenvalue weighted by molar-refractivity contribution is 0.362. The van der Waals surface area contributed by atoms with Crippen LogP contribution in [0.15, 0.2) is 41.5 Å². The van der Waals surface area contributed by atoms with Crippen molar-refractivity contribution < 1.29 is 4.74 Å². The summed E-state index contributed by atoms with van der Waals surface area (Å²) >= 11 is 0. The summed E-state index contributed by atoms with van der Waals surface area (Å²) in [4.78, 5) is 0. The van der Waals surface area contributed by atoms with Crippen LogP contribution >= 0.6 is 0 Å². The Bertz CT molecular complexity index is 561. The molecule has 1 rings (SSSR count). The number of benzene rings is 1. The van der Waals surface area contributed by atoms with E-state index in [1.807, 2.05) is 56.3 Å². The number of hydrogen-bond acceptors (Lipinski definition) is 3. The molecule has 0 aliphatic rings. The molecule has 0 spiro atoms. The van der Waals surface area contributed by atoms with E-state index in [-0.39, 0.29) is 5.57 Å². The fourth-order valence-electron chi connectivity index (χ4n) is 1.44. The Morgan fingerprint density at radius 2 is 1.68 bits per heavy atom.